The van der Waals surface area contributed by atoms with Crippen LogP contribution in [0.4, 0.5) is 0 Å². The quantitative estimate of drug-likeness (QED) is 0.890. The van der Waals surface area contributed by atoms with Gasteiger partial charge in [-0.05, 0) is 19.3 Å². The average Bonchev–Trinajstić information content (AvgIpc) is 2.87. The van der Waals surface area contributed by atoms with Gasteiger partial charge in [-0.15, -0.1) is 0 Å². The molecule has 2 rings (SSSR count). The van der Waals surface area contributed by atoms with Crippen LogP contribution in [0.25, 0.3) is 0 Å². The molecule has 1 saturated carbocycles. The molecule has 0 amide bonds. The number of aliphatic hydroxyl groups is 1. The minimum atomic E-state index is -0.711. The lowest BCUT2D eigenvalue weighted by molar-refractivity contribution is 0.0300. The van der Waals surface area contributed by atoms with Crippen LogP contribution in [0.2, 0.25) is 0 Å². The van der Waals surface area contributed by atoms with E-state index < -0.39 is 11.5 Å². The predicted molar refractivity (Wildman–Crippen MR) is 68.6 cm³/mol. The van der Waals surface area contributed by atoms with Gasteiger partial charge in [0.25, 0.3) is 0 Å². The summed E-state index contributed by atoms with van der Waals surface area (Å²) >= 11 is 0. The van der Waals surface area contributed by atoms with E-state index in [-0.39, 0.29) is 0 Å². The largest absolute Gasteiger partial charge is 0.385 e. The van der Waals surface area contributed by atoms with E-state index in [0.717, 1.165) is 44.3 Å². The van der Waals surface area contributed by atoms with Gasteiger partial charge >= 0.3 is 0 Å². The molecule has 0 bridgehead atoms. The molecule has 1 aromatic rings. The Bertz CT molecular complexity index is 426. The minimum Gasteiger partial charge on any atom is -0.385 e. The summed E-state index contributed by atoms with van der Waals surface area (Å²) in [5.41, 5.74) is 0.185. The number of aryl methyl sites for hydroxylation is 1. The van der Waals surface area contributed by atoms with Gasteiger partial charge in [0.2, 0.25) is 0 Å². The maximum absolute atomic E-state index is 10.6. The first-order valence-corrected chi connectivity index (χ1v) is 6.83. The third kappa shape index (κ3) is 2.28. The van der Waals surface area contributed by atoms with Gasteiger partial charge in [-0.25, -0.2) is 4.98 Å². The summed E-state index contributed by atoms with van der Waals surface area (Å²) in [6, 6.07) is 2.38. The van der Waals surface area contributed by atoms with Crippen LogP contribution in [0.3, 0.4) is 0 Å². The van der Waals surface area contributed by atoms with Crippen molar-refractivity contribution in [2.24, 2.45) is 5.41 Å². The zero-order valence-electron chi connectivity index (χ0n) is 11.0. The fourth-order valence-electron chi connectivity index (χ4n) is 2.90. The monoisotopic (exact) mass is 247 g/mol. The van der Waals surface area contributed by atoms with Gasteiger partial charge < -0.3 is 9.67 Å². The summed E-state index contributed by atoms with van der Waals surface area (Å²) in [4.78, 5) is 4.12. The molecule has 0 aliphatic heterocycles. The van der Waals surface area contributed by atoms with Crippen molar-refractivity contribution in [1.29, 1.82) is 5.26 Å². The number of rotatable bonds is 4. The van der Waals surface area contributed by atoms with Crippen LogP contribution in [0.15, 0.2) is 12.5 Å². The standard InChI is InChI=1S/C14H21N3O/c1-2-8-17-11-16-9-12(17)13(18)14(10-15)6-4-3-5-7-14/h9,11,13,18H,2-8H2,1H3. The van der Waals surface area contributed by atoms with E-state index in [1.165, 1.54) is 6.42 Å². The van der Waals surface area contributed by atoms with Gasteiger partial charge in [0.1, 0.15) is 6.10 Å². The summed E-state index contributed by atoms with van der Waals surface area (Å²) in [5.74, 6) is 0. The molecule has 1 fully saturated rings. The highest BCUT2D eigenvalue weighted by molar-refractivity contribution is 5.15. The average molecular weight is 247 g/mol. The molecule has 4 heteroatoms. The Morgan fingerprint density at radius 2 is 2.22 bits per heavy atom. The third-order valence-corrected chi connectivity index (χ3v) is 3.98. The molecule has 0 aromatic carbocycles. The van der Waals surface area contributed by atoms with Gasteiger partial charge in [-0.1, -0.05) is 26.2 Å². The van der Waals surface area contributed by atoms with Crippen LogP contribution >= 0.6 is 0 Å². The number of aromatic nitrogens is 2. The first-order valence-electron chi connectivity index (χ1n) is 6.83. The maximum Gasteiger partial charge on any atom is 0.114 e. The summed E-state index contributed by atoms with van der Waals surface area (Å²) in [6.07, 6.45) is 8.56. The maximum atomic E-state index is 10.6. The third-order valence-electron chi connectivity index (χ3n) is 3.98. The van der Waals surface area contributed by atoms with E-state index in [2.05, 4.69) is 18.0 Å². The molecule has 1 heterocycles. The van der Waals surface area contributed by atoms with Crippen molar-refractivity contribution in [3.05, 3.63) is 18.2 Å². The van der Waals surface area contributed by atoms with Crippen molar-refractivity contribution in [3.63, 3.8) is 0 Å². The number of aliphatic hydroxyl groups excluding tert-OH is 1. The summed E-state index contributed by atoms with van der Waals surface area (Å²) in [6.45, 7) is 2.94. The molecule has 4 nitrogen and oxygen atoms in total. The first-order chi connectivity index (χ1) is 8.73. The van der Waals surface area contributed by atoms with Crippen LogP contribution in [0, 0.1) is 16.7 Å². The SMILES string of the molecule is CCCn1cncc1C(O)C1(C#N)CCCCC1. The molecule has 1 aromatic heterocycles. The van der Waals surface area contributed by atoms with Crippen molar-refractivity contribution >= 4 is 0 Å². The van der Waals surface area contributed by atoms with Gasteiger partial charge in [0.15, 0.2) is 0 Å². The Morgan fingerprint density at radius 3 is 2.83 bits per heavy atom. The van der Waals surface area contributed by atoms with Crippen LogP contribution in [0.1, 0.15) is 57.2 Å². The highest BCUT2D eigenvalue weighted by atomic mass is 16.3. The van der Waals surface area contributed by atoms with Gasteiger partial charge in [0, 0.05) is 6.54 Å². The topological polar surface area (TPSA) is 61.8 Å². The second-order valence-corrected chi connectivity index (χ2v) is 5.24. The Labute approximate surface area is 108 Å². The first kappa shape index (κ1) is 13.1. The van der Waals surface area contributed by atoms with Crippen molar-refractivity contribution < 1.29 is 5.11 Å². The van der Waals surface area contributed by atoms with Gasteiger partial charge in [0.05, 0.1) is 29.7 Å². The number of hydrogen-bond acceptors (Lipinski definition) is 3. The fourth-order valence-corrected chi connectivity index (χ4v) is 2.90. The molecule has 98 valence electrons. The van der Waals surface area contributed by atoms with E-state index in [0.29, 0.717) is 0 Å². The molecular weight excluding hydrogens is 226 g/mol. The van der Waals surface area contributed by atoms with Gasteiger partial charge in [-0.2, -0.15) is 5.26 Å². The lowest BCUT2D eigenvalue weighted by Crippen LogP contribution is -2.31. The number of nitrogens with zero attached hydrogens (tertiary/aromatic N) is 3. The lowest BCUT2D eigenvalue weighted by atomic mass is 9.70. The van der Waals surface area contributed by atoms with E-state index in [9.17, 15) is 10.4 Å². The second-order valence-electron chi connectivity index (χ2n) is 5.24. The van der Waals surface area contributed by atoms with Crippen molar-refractivity contribution in [2.75, 3.05) is 0 Å². The predicted octanol–water partition coefficient (Wildman–Crippen LogP) is 2.80. The van der Waals surface area contributed by atoms with Crippen LogP contribution < -0.4 is 0 Å². The Hall–Kier alpha value is -1.34. The molecule has 1 aliphatic carbocycles. The highest BCUT2D eigenvalue weighted by Crippen LogP contribution is 2.45. The van der Waals surface area contributed by atoms with E-state index >= 15 is 0 Å². The Balaban J connectivity index is 2.25. The summed E-state index contributed by atoms with van der Waals surface area (Å²) in [5, 5.41) is 20.1. The summed E-state index contributed by atoms with van der Waals surface area (Å²) < 4.78 is 1.97. The molecular formula is C14H21N3O. The summed E-state index contributed by atoms with van der Waals surface area (Å²) in [7, 11) is 0. The number of hydrogen-bond donors (Lipinski definition) is 1. The lowest BCUT2D eigenvalue weighted by Gasteiger charge is -2.35. The second kappa shape index (κ2) is 5.53. The van der Waals surface area contributed by atoms with Crippen molar-refractivity contribution in [1.82, 2.24) is 9.55 Å². The molecule has 1 aliphatic rings. The van der Waals surface area contributed by atoms with Crippen molar-refractivity contribution in [2.45, 2.75) is 58.1 Å². The van der Waals surface area contributed by atoms with E-state index in [4.69, 9.17) is 0 Å². The smallest absolute Gasteiger partial charge is 0.114 e. The normalized spacial score (nSPS) is 20.3. The fraction of sp³-hybridized carbons (Fsp3) is 0.714. The van der Waals surface area contributed by atoms with Crippen LogP contribution in [0.5, 0.6) is 0 Å². The van der Waals surface area contributed by atoms with E-state index in [1.54, 1.807) is 12.5 Å². The number of imidazole rings is 1. The highest BCUT2D eigenvalue weighted by Gasteiger charge is 2.41. The van der Waals surface area contributed by atoms with E-state index in [1.807, 2.05) is 4.57 Å². The zero-order valence-corrected chi connectivity index (χ0v) is 11.0. The Kier molecular flexibility index (Phi) is 4.03. The molecule has 1 N–H and O–H groups in total. The zero-order chi connectivity index (χ0) is 13.0. The number of nitriles is 1. The molecule has 1 unspecified atom stereocenters. The molecule has 0 saturated heterocycles. The molecule has 18 heavy (non-hydrogen) atoms. The molecule has 0 radical (unpaired) electrons. The van der Waals surface area contributed by atoms with Crippen molar-refractivity contribution in [3.8, 4) is 6.07 Å². The Morgan fingerprint density at radius 1 is 1.50 bits per heavy atom. The molecule has 0 spiro atoms. The minimum absolute atomic E-state index is 0.607. The van der Waals surface area contributed by atoms with Crippen LogP contribution in [-0.2, 0) is 6.54 Å². The van der Waals surface area contributed by atoms with Gasteiger partial charge in [-0.3, -0.25) is 0 Å². The van der Waals surface area contributed by atoms with Crippen LogP contribution in [-0.4, -0.2) is 14.7 Å². The molecule has 1 atom stereocenters.